The van der Waals surface area contributed by atoms with E-state index in [4.69, 9.17) is 16.9 Å². The van der Waals surface area contributed by atoms with Crippen molar-refractivity contribution < 1.29 is 4.39 Å². The first-order valence-electron chi connectivity index (χ1n) is 3.51. The molecule has 1 aromatic carbocycles. The van der Waals surface area contributed by atoms with Gasteiger partial charge < -0.3 is 0 Å². The van der Waals surface area contributed by atoms with Crippen LogP contribution in [-0.4, -0.2) is 12.2 Å². The topological polar surface area (TPSA) is 36.1 Å². The van der Waals surface area contributed by atoms with E-state index in [1.165, 1.54) is 19.2 Å². The van der Waals surface area contributed by atoms with Gasteiger partial charge in [-0.3, -0.25) is 4.99 Å². The van der Waals surface area contributed by atoms with Crippen molar-refractivity contribution in [2.75, 3.05) is 7.05 Å². The molecule has 0 aromatic heterocycles. The third kappa shape index (κ3) is 2.04. The number of halogens is 2. The highest BCUT2D eigenvalue weighted by molar-refractivity contribution is 6.69. The van der Waals surface area contributed by atoms with Crippen molar-refractivity contribution in [3.63, 3.8) is 0 Å². The number of rotatable bonds is 1. The van der Waals surface area contributed by atoms with E-state index in [2.05, 4.69) is 4.99 Å². The minimum absolute atomic E-state index is 0.0991. The second kappa shape index (κ2) is 4.01. The van der Waals surface area contributed by atoms with Gasteiger partial charge in [-0.1, -0.05) is 11.6 Å². The van der Waals surface area contributed by atoms with E-state index >= 15 is 0 Å². The van der Waals surface area contributed by atoms with E-state index < -0.39 is 5.82 Å². The lowest BCUT2D eigenvalue weighted by molar-refractivity contribution is 0.625. The fraction of sp³-hybridized carbons (Fsp3) is 0.111. The number of nitrogens with zero attached hydrogens (tertiary/aromatic N) is 2. The van der Waals surface area contributed by atoms with Crippen LogP contribution in [0.4, 0.5) is 4.39 Å². The maximum atomic E-state index is 13.2. The molecule has 66 valence electrons. The summed E-state index contributed by atoms with van der Waals surface area (Å²) in [7, 11) is 1.47. The minimum Gasteiger partial charge on any atom is -0.276 e. The van der Waals surface area contributed by atoms with Crippen LogP contribution in [0.25, 0.3) is 0 Å². The minimum atomic E-state index is -0.533. The van der Waals surface area contributed by atoms with Crippen molar-refractivity contribution in [1.29, 1.82) is 5.26 Å². The monoisotopic (exact) mass is 196 g/mol. The molecule has 4 heteroatoms. The molecule has 0 saturated carbocycles. The highest BCUT2D eigenvalue weighted by Crippen LogP contribution is 2.12. The van der Waals surface area contributed by atoms with Crippen LogP contribution in [0.2, 0.25) is 0 Å². The lowest BCUT2D eigenvalue weighted by Gasteiger charge is -1.99. The third-order valence-corrected chi connectivity index (χ3v) is 1.89. The number of benzene rings is 1. The van der Waals surface area contributed by atoms with Crippen LogP contribution in [0.15, 0.2) is 23.2 Å². The molecule has 0 fully saturated rings. The molecule has 0 aliphatic rings. The molecular formula is C9H6ClFN2. The average molecular weight is 197 g/mol. The second-order valence-electron chi connectivity index (χ2n) is 2.32. The summed E-state index contributed by atoms with van der Waals surface area (Å²) in [5.74, 6) is -0.533. The van der Waals surface area contributed by atoms with Crippen LogP contribution in [-0.2, 0) is 0 Å². The average Bonchev–Trinajstić information content (AvgIpc) is 2.16. The van der Waals surface area contributed by atoms with Crippen LogP contribution in [0.5, 0.6) is 0 Å². The normalized spacial score (nSPS) is 11.1. The smallest absolute Gasteiger partial charge is 0.134 e. The molecule has 0 aliphatic carbocycles. The highest BCUT2D eigenvalue weighted by Gasteiger charge is 2.06. The largest absolute Gasteiger partial charge is 0.276 e. The third-order valence-electron chi connectivity index (χ3n) is 1.52. The molecule has 0 amide bonds. The maximum absolute atomic E-state index is 13.2. The van der Waals surface area contributed by atoms with Crippen molar-refractivity contribution in [2.24, 2.45) is 4.99 Å². The van der Waals surface area contributed by atoms with Gasteiger partial charge in [0.1, 0.15) is 11.0 Å². The number of hydrogen-bond acceptors (Lipinski definition) is 2. The van der Waals surface area contributed by atoms with Gasteiger partial charge in [0.2, 0.25) is 0 Å². The first-order valence-corrected chi connectivity index (χ1v) is 3.89. The first-order chi connectivity index (χ1) is 6.19. The van der Waals surface area contributed by atoms with E-state index in [1.807, 2.05) is 6.07 Å². The molecule has 1 aromatic rings. The summed E-state index contributed by atoms with van der Waals surface area (Å²) < 4.78 is 13.2. The SMILES string of the molecule is C/N=C(/Cl)c1ccc(C#N)cc1F. The van der Waals surface area contributed by atoms with Gasteiger partial charge in [0.05, 0.1) is 11.6 Å². The Morgan fingerprint density at radius 3 is 2.77 bits per heavy atom. The maximum Gasteiger partial charge on any atom is 0.134 e. The number of aliphatic imine (C=N–C) groups is 1. The van der Waals surface area contributed by atoms with Crippen LogP contribution < -0.4 is 0 Å². The van der Waals surface area contributed by atoms with Crippen LogP contribution in [0, 0.1) is 17.1 Å². The van der Waals surface area contributed by atoms with E-state index in [0.29, 0.717) is 0 Å². The Morgan fingerprint density at radius 2 is 2.31 bits per heavy atom. The predicted octanol–water partition coefficient (Wildman–Crippen LogP) is 2.31. The summed E-state index contributed by atoms with van der Waals surface area (Å²) >= 11 is 5.62. The molecule has 0 radical (unpaired) electrons. The fourth-order valence-corrected chi connectivity index (χ4v) is 1.03. The Hall–Kier alpha value is -1.40. The molecule has 0 heterocycles. The van der Waals surface area contributed by atoms with Gasteiger partial charge in [-0.25, -0.2) is 4.39 Å². The Morgan fingerprint density at radius 1 is 1.62 bits per heavy atom. The lowest BCUT2D eigenvalue weighted by Crippen LogP contribution is -1.96. The molecule has 0 aliphatic heterocycles. The van der Waals surface area contributed by atoms with Gasteiger partial charge in [0.15, 0.2) is 0 Å². The lowest BCUT2D eigenvalue weighted by atomic mass is 10.1. The second-order valence-corrected chi connectivity index (χ2v) is 2.68. The molecule has 0 spiro atoms. The van der Waals surface area contributed by atoms with Crippen LogP contribution >= 0.6 is 11.6 Å². The molecule has 0 bridgehead atoms. The highest BCUT2D eigenvalue weighted by atomic mass is 35.5. The fourth-order valence-electron chi connectivity index (χ4n) is 0.872. The molecule has 0 N–H and O–H groups in total. The van der Waals surface area contributed by atoms with Crippen molar-refractivity contribution in [1.82, 2.24) is 0 Å². The van der Waals surface area contributed by atoms with Crippen molar-refractivity contribution >= 4 is 16.8 Å². The standard InChI is InChI=1S/C9H6ClFN2/c1-13-9(10)7-3-2-6(5-12)4-8(7)11/h2-4H,1H3/b13-9+. The number of hydrogen-bond donors (Lipinski definition) is 0. The molecule has 1 rings (SSSR count). The van der Waals surface area contributed by atoms with E-state index in [1.54, 1.807) is 0 Å². The molecule has 0 unspecified atom stereocenters. The quantitative estimate of drug-likeness (QED) is 0.635. The molecule has 13 heavy (non-hydrogen) atoms. The Bertz CT molecular complexity index is 393. The summed E-state index contributed by atoms with van der Waals surface area (Å²) in [5.41, 5.74) is 0.477. The number of nitriles is 1. The molecule has 2 nitrogen and oxygen atoms in total. The summed E-state index contributed by atoms with van der Waals surface area (Å²) in [5, 5.41) is 8.57. The first kappa shape index (κ1) is 9.69. The Balaban J connectivity index is 3.22. The van der Waals surface area contributed by atoms with Crippen molar-refractivity contribution in [2.45, 2.75) is 0 Å². The van der Waals surface area contributed by atoms with Crippen LogP contribution in [0.1, 0.15) is 11.1 Å². The van der Waals surface area contributed by atoms with Crippen molar-refractivity contribution in [3.8, 4) is 6.07 Å². The Kier molecular flexibility index (Phi) is 2.99. The zero-order valence-corrected chi connectivity index (χ0v) is 7.64. The summed E-state index contributed by atoms with van der Waals surface area (Å²) in [6.45, 7) is 0. The van der Waals surface area contributed by atoms with Gasteiger partial charge in [0.25, 0.3) is 0 Å². The van der Waals surface area contributed by atoms with Gasteiger partial charge in [-0.2, -0.15) is 5.26 Å². The van der Waals surface area contributed by atoms with E-state index in [0.717, 1.165) is 6.07 Å². The van der Waals surface area contributed by atoms with Gasteiger partial charge in [-0.15, -0.1) is 0 Å². The van der Waals surface area contributed by atoms with Gasteiger partial charge in [-0.05, 0) is 18.2 Å². The predicted molar refractivity (Wildman–Crippen MR) is 49.4 cm³/mol. The van der Waals surface area contributed by atoms with E-state index in [-0.39, 0.29) is 16.3 Å². The summed E-state index contributed by atoms with van der Waals surface area (Å²) in [6, 6.07) is 5.88. The van der Waals surface area contributed by atoms with Crippen LogP contribution in [0.3, 0.4) is 0 Å². The molecular weight excluding hydrogens is 191 g/mol. The molecule has 0 atom stereocenters. The van der Waals surface area contributed by atoms with E-state index in [9.17, 15) is 4.39 Å². The van der Waals surface area contributed by atoms with Crippen molar-refractivity contribution in [3.05, 3.63) is 35.1 Å². The Labute approximate surface area is 80.3 Å². The summed E-state index contributed by atoms with van der Waals surface area (Å²) in [4.78, 5) is 3.63. The zero-order chi connectivity index (χ0) is 9.84. The summed E-state index contributed by atoms with van der Waals surface area (Å²) in [6.07, 6.45) is 0. The van der Waals surface area contributed by atoms with Gasteiger partial charge >= 0.3 is 0 Å². The van der Waals surface area contributed by atoms with Gasteiger partial charge in [0, 0.05) is 12.6 Å². The zero-order valence-electron chi connectivity index (χ0n) is 6.88. The molecule has 0 saturated heterocycles.